The number of piperidine rings is 1. The maximum Gasteiger partial charge on any atom is 0.471 e. The van der Waals surface area contributed by atoms with Crippen LogP contribution >= 0.6 is 0 Å². The molecule has 1 aliphatic heterocycles. The van der Waals surface area contributed by atoms with Crippen molar-refractivity contribution in [2.45, 2.75) is 44.3 Å². The van der Waals surface area contributed by atoms with E-state index >= 15 is 0 Å². The van der Waals surface area contributed by atoms with Crippen LogP contribution in [0, 0.1) is 5.82 Å². The van der Waals surface area contributed by atoms with Crippen LogP contribution in [0.5, 0.6) is 5.75 Å². The predicted octanol–water partition coefficient (Wildman–Crippen LogP) is 3.38. The second-order valence-electron chi connectivity index (χ2n) is 7.40. The van der Waals surface area contributed by atoms with Gasteiger partial charge in [-0.05, 0) is 24.1 Å². The summed E-state index contributed by atoms with van der Waals surface area (Å²) in [6.45, 7) is 4.15. The normalized spacial score (nSPS) is 19.8. The van der Waals surface area contributed by atoms with Crippen LogP contribution < -0.4 is 15.0 Å². The average molecular weight is 430 g/mol. The number of nitrogens with zero attached hydrogens (tertiary/aromatic N) is 3. The second kappa shape index (κ2) is 8.49. The predicted molar refractivity (Wildman–Crippen MR) is 98.9 cm³/mol. The van der Waals surface area contributed by atoms with E-state index in [9.17, 15) is 22.4 Å². The molecule has 2 atom stereocenters. The monoisotopic (exact) mass is 430 g/mol. The zero-order chi connectivity index (χ0) is 22.1. The topological polar surface area (TPSA) is 80.5 Å². The molecule has 1 amide bonds. The van der Waals surface area contributed by atoms with Gasteiger partial charge in [-0.2, -0.15) is 18.2 Å². The van der Waals surface area contributed by atoms with Gasteiger partial charge in [0.05, 0.1) is 13.2 Å². The third-order valence-corrected chi connectivity index (χ3v) is 5.01. The highest BCUT2D eigenvalue weighted by Gasteiger charge is 2.42. The number of carbonyl (C=O) groups excluding carboxylic acids is 1. The van der Waals surface area contributed by atoms with Crippen LogP contribution in [0.1, 0.15) is 43.5 Å². The molecule has 0 spiro atoms. The Kier molecular flexibility index (Phi) is 6.18. The van der Waals surface area contributed by atoms with Crippen molar-refractivity contribution in [2.24, 2.45) is 0 Å². The molecule has 0 saturated carbocycles. The SMILES string of the molecule is COc1ccc(C2CCN(c3nc(C(C)C)no3)CC2NC(=O)C(F)(F)F)cc1F. The van der Waals surface area contributed by atoms with Gasteiger partial charge in [0.25, 0.3) is 0 Å². The Bertz CT molecular complexity index is 900. The van der Waals surface area contributed by atoms with E-state index in [1.165, 1.54) is 19.2 Å². The van der Waals surface area contributed by atoms with Gasteiger partial charge in [-0.25, -0.2) is 4.39 Å². The van der Waals surface area contributed by atoms with Crippen LogP contribution in [0.4, 0.5) is 23.6 Å². The van der Waals surface area contributed by atoms with E-state index in [-0.39, 0.29) is 24.2 Å². The number of alkyl halides is 3. The molecule has 3 rings (SSSR count). The number of halogens is 4. The van der Waals surface area contributed by atoms with Gasteiger partial charge >= 0.3 is 18.1 Å². The Balaban J connectivity index is 1.86. The number of rotatable bonds is 5. The molecule has 2 heterocycles. The van der Waals surface area contributed by atoms with Crippen molar-refractivity contribution in [1.82, 2.24) is 15.5 Å². The summed E-state index contributed by atoms with van der Waals surface area (Å²) in [5, 5.41) is 5.90. The van der Waals surface area contributed by atoms with Crippen molar-refractivity contribution in [1.29, 1.82) is 0 Å². The van der Waals surface area contributed by atoms with Crippen LogP contribution in [0.15, 0.2) is 22.7 Å². The van der Waals surface area contributed by atoms with E-state index in [2.05, 4.69) is 10.1 Å². The van der Waals surface area contributed by atoms with E-state index < -0.39 is 29.9 Å². The molecular formula is C19H22F4N4O3. The highest BCUT2D eigenvalue weighted by atomic mass is 19.4. The van der Waals surface area contributed by atoms with Crippen LogP contribution in [0.25, 0.3) is 0 Å². The van der Waals surface area contributed by atoms with Gasteiger partial charge in [-0.3, -0.25) is 4.79 Å². The van der Waals surface area contributed by atoms with Crippen LogP contribution in [0.3, 0.4) is 0 Å². The number of aromatic nitrogens is 2. The fourth-order valence-corrected chi connectivity index (χ4v) is 3.42. The molecule has 11 heteroatoms. The number of hydrogen-bond donors (Lipinski definition) is 1. The van der Waals surface area contributed by atoms with Crippen molar-refractivity contribution in [3.8, 4) is 5.75 Å². The summed E-state index contributed by atoms with van der Waals surface area (Å²) >= 11 is 0. The lowest BCUT2D eigenvalue weighted by molar-refractivity contribution is -0.174. The minimum Gasteiger partial charge on any atom is -0.494 e. The summed E-state index contributed by atoms with van der Waals surface area (Å²) in [5.41, 5.74) is 0.467. The molecule has 164 valence electrons. The first-order valence-corrected chi connectivity index (χ1v) is 9.39. The Morgan fingerprint density at radius 3 is 2.67 bits per heavy atom. The van der Waals surface area contributed by atoms with Crippen LogP contribution in [-0.2, 0) is 4.79 Å². The standard InChI is InChI=1S/C19H22F4N4O3/c1-10(2)16-25-18(30-26-16)27-7-6-12(11-4-5-15(29-3)13(20)8-11)14(9-27)24-17(28)19(21,22)23/h4-5,8,10,12,14H,6-7,9H2,1-3H3,(H,24,28). The fourth-order valence-electron chi connectivity index (χ4n) is 3.42. The lowest BCUT2D eigenvalue weighted by Gasteiger charge is -2.38. The summed E-state index contributed by atoms with van der Waals surface area (Å²) in [6, 6.07) is 3.43. The fraction of sp³-hybridized carbons (Fsp3) is 0.526. The second-order valence-corrected chi connectivity index (χ2v) is 7.40. The van der Waals surface area contributed by atoms with Gasteiger partial charge in [0.15, 0.2) is 17.4 Å². The van der Waals surface area contributed by atoms with Crippen molar-refractivity contribution in [3.63, 3.8) is 0 Å². The number of anilines is 1. The largest absolute Gasteiger partial charge is 0.494 e. The van der Waals surface area contributed by atoms with Gasteiger partial charge in [-0.1, -0.05) is 25.1 Å². The van der Waals surface area contributed by atoms with Crippen molar-refractivity contribution in [3.05, 3.63) is 35.4 Å². The number of benzene rings is 1. The third-order valence-electron chi connectivity index (χ3n) is 5.01. The zero-order valence-corrected chi connectivity index (χ0v) is 16.7. The molecule has 1 aromatic carbocycles. The van der Waals surface area contributed by atoms with Gasteiger partial charge in [0.1, 0.15) is 0 Å². The van der Waals surface area contributed by atoms with Gasteiger partial charge in [-0.15, -0.1) is 0 Å². The molecule has 0 bridgehead atoms. The van der Waals surface area contributed by atoms with Gasteiger partial charge in [0, 0.05) is 24.9 Å². The summed E-state index contributed by atoms with van der Waals surface area (Å²) < 4.78 is 62.9. The maximum absolute atomic E-state index is 14.2. The molecule has 1 aromatic heterocycles. The Morgan fingerprint density at radius 2 is 2.10 bits per heavy atom. The van der Waals surface area contributed by atoms with Crippen LogP contribution in [-0.4, -0.2) is 48.5 Å². The third kappa shape index (κ3) is 4.65. The molecule has 2 unspecified atom stereocenters. The highest BCUT2D eigenvalue weighted by molar-refractivity contribution is 5.82. The number of ether oxygens (including phenoxy) is 1. The number of amides is 1. The first-order chi connectivity index (χ1) is 14.1. The Labute approximate surface area is 170 Å². The first kappa shape index (κ1) is 21.8. The lowest BCUT2D eigenvalue weighted by Crippen LogP contribution is -2.54. The zero-order valence-electron chi connectivity index (χ0n) is 16.7. The van der Waals surface area contributed by atoms with E-state index in [0.29, 0.717) is 24.4 Å². The van der Waals surface area contributed by atoms with Crippen molar-refractivity contribution >= 4 is 11.9 Å². The van der Waals surface area contributed by atoms with Gasteiger partial charge in [0.2, 0.25) is 0 Å². The number of carbonyl (C=O) groups is 1. The quantitative estimate of drug-likeness (QED) is 0.733. The summed E-state index contributed by atoms with van der Waals surface area (Å²) in [5.74, 6) is -2.71. The molecule has 2 aromatic rings. The number of nitrogens with one attached hydrogen (secondary N) is 1. The molecule has 1 aliphatic rings. The van der Waals surface area contributed by atoms with E-state index in [1.807, 2.05) is 19.2 Å². The van der Waals surface area contributed by atoms with Crippen molar-refractivity contribution < 1.29 is 31.6 Å². The molecule has 0 radical (unpaired) electrons. The lowest BCUT2D eigenvalue weighted by atomic mass is 9.85. The molecule has 1 fully saturated rings. The maximum atomic E-state index is 14.2. The summed E-state index contributed by atoms with van der Waals surface area (Å²) in [6.07, 6.45) is -4.69. The summed E-state index contributed by atoms with van der Waals surface area (Å²) in [4.78, 5) is 17.5. The average Bonchev–Trinajstić information content (AvgIpc) is 3.17. The molecule has 7 nitrogen and oxygen atoms in total. The molecule has 30 heavy (non-hydrogen) atoms. The highest BCUT2D eigenvalue weighted by Crippen LogP contribution is 2.33. The van der Waals surface area contributed by atoms with E-state index in [4.69, 9.17) is 9.26 Å². The minimum absolute atomic E-state index is 0.000135. The Morgan fingerprint density at radius 1 is 1.37 bits per heavy atom. The first-order valence-electron chi connectivity index (χ1n) is 9.39. The van der Waals surface area contributed by atoms with E-state index in [1.54, 1.807) is 11.0 Å². The summed E-state index contributed by atoms with van der Waals surface area (Å²) in [7, 11) is 1.32. The molecule has 0 aliphatic carbocycles. The Hall–Kier alpha value is -2.85. The molecule has 1 saturated heterocycles. The van der Waals surface area contributed by atoms with E-state index in [0.717, 1.165) is 0 Å². The minimum atomic E-state index is -5.03. The van der Waals surface area contributed by atoms with Crippen molar-refractivity contribution in [2.75, 3.05) is 25.1 Å². The molecule has 1 N–H and O–H groups in total. The van der Waals surface area contributed by atoms with Crippen LogP contribution in [0.2, 0.25) is 0 Å². The number of hydrogen-bond acceptors (Lipinski definition) is 6. The number of methoxy groups -OCH3 is 1. The smallest absolute Gasteiger partial charge is 0.471 e. The molecular weight excluding hydrogens is 408 g/mol. The van der Waals surface area contributed by atoms with Gasteiger partial charge < -0.3 is 19.5 Å².